The summed E-state index contributed by atoms with van der Waals surface area (Å²) in [6.07, 6.45) is -2.58. The highest BCUT2D eigenvalue weighted by atomic mass is 31.2. The Labute approximate surface area is 266 Å². The number of rotatable bonds is 12. The van der Waals surface area contributed by atoms with Crippen LogP contribution in [0, 0.1) is 11.3 Å². The van der Waals surface area contributed by atoms with E-state index < -0.39 is 68.3 Å². The number of benzene rings is 2. The minimum atomic E-state index is -4.41. The fourth-order valence-corrected chi connectivity index (χ4v) is 6.41. The Kier molecular flexibility index (Phi) is 10.6. The van der Waals surface area contributed by atoms with Gasteiger partial charge in [-0.15, -0.1) is 0 Å². The summed E-state index contributed by atoms with van der Waals surface area (Å²) in [5.74, 6) is -2.58. The van der Waals surface area contributed by atoms with Crippen molar-refractivity contribution in [2.24, 2.45) is 0 Å². The molecule has 2 aliphatic heterocycles. The van der Waals surface area contributed by atoms with E-state index in [4.69, 9.17) is 28.5 Å². The fraction of sp³-hybridized carbons (Fsp3) is 0.452. The van der Waals surface area contributed by atoms with Gasteiger partial charge in [-0.05, 0) is 63.1 Å². The van der Waals surface area contributed by atoms with E-state index in [0.717, 1.165) is 24.1 Å². The summed E-state index contributed by atoms with van der Waals surface area (Å²) in [6.45, 7) is 6.72. The average Bonchev–Trinajstić information content (AvgIpc) is 3.23. The first-order valence-corrected chi connectivity index (χ1v) is 16.0. The lowest BCUT2D eigenvalue weighted by molar-refractivity contribution is -0.213. The minimum Gasteiger partial charge on any atom is -0.462 e. The quantitative estimate of drug-likeness (QED) is 0.223. The van der Waals surface area contributed by atoms with Crippen LogP contribution in [0.15, 0.2) is 60.8 Å². The molecule has 7 atom stereocenters. The number of carbonyl (C=O) groups is 2. The predicted octanol–water partition coefficient (Wildman–Crippen LogP) is 3.74. The standard InChI is InChI=1S/C31H38FN4O9P/c1-19(2)43-28(39)20(3)35-46(40,45-24-13-11-23(12-14-24)22-9-7-21(17-33)8-10-22)42-18-25-27(38)30(4,32)29(44-25)36-16-15-26(37)34-31(36,5)41-6/h7-16,19-20,25,27,29,38H,18H2,1-6H3,(H,34,37)(H,35,40)/t20-,25+,27+,29+,30+,31?,46?/m0/s1. The summed E-state index contributed by atoms with van der Waals surface area (Å²) in [4.78, 5) is 25.8. The van der Waals surface area contributed by atoms with Crippen LogP contribution in [-0.2, 0) is 32.9 Å². The molecule has 15 heteroatoms. The second kappa shape index (κ2) is 13.9. The SMILES string of the molecule is COC1(C)NC(=O)C=CN1[C@@H]1O[C@H](COP(=O)(N[C@@H](C)C(=O)OC(C)C)Oc2ccc(-c3ccc(C#N)cc3)cc2)[C@@H](O)[C@@]1(C)F. The molecule has 2 heterocycles. The largest absolute Gasteiger partial charge is 0.462 e. The van der Waals surface area contributed by atoms with Gasteiger partial charge in [0.05, 0.1) is 24.3 Å². The number of aliphatic hydroxyl groups excluding tert-OH is 1. The Morgan fingerprint density at radius 1 is 1.17 bits per heavy atom. The molecular weight excluding hydrogens is 622 g/mol. The maximum Gasteiger partial charge on any atom is 0.459 e. The Morgan fingerprint density at radius 2 is 1.78 bits per heavy atom. The number of hydrogen-bond donors (Lipinski definition) is 3. The number of alkyl halides is 1. The van der Waals surface area contributed by atoms with Crippen molar-refractivity contribution < 1.29 is 46.9 Å². The van der Waals surface area contributed by atoms with Crippen molar-refractivity contribution in [3.8, 4) is 22.9 Å². The van der Waals surface area contributed by atoms with Crippen molar-refractivity contribution in [2.75, 3.05) is 13.7 Å². The van der Waals surface area contributed by atoms with Gasteiger partial charge >= 0.3 is 13.7 Å². The molecule has 4 rings (SSSR count). The molecule has 3 N–H and O–H groups in total. The molecule has 1 amide bonds. The van der Waals surface area contributed by atoms with Crippen LogP contribution in [0.3, 0.4) is 0 Å². The zero-order valence-electron chi connectivity index (χ0n) is 26.3. The number of nitrogens with zero attached hydrogens (tertiary/aromatic N) is 2. The molecular formula is C31H38FN4O9P. The normalized spacial score (nSPS) is 27.9. The Hall–Kier alpha value is -3.83. The smallest absolute Gasteiger partial charge is 0.459 e. The van der Waals surface area contributed by atoms with Gasteiger partial charge in [-0.3, -0.25) is 14.1 Å². The molecule has 248 valence electrons. The first-order chi connectivity index (χ1) is 21.6. The zero-order chi connectivity index (χ0) is 33.9. The second-order valence-electron chi connectivity index (χ2n) is 11.5. The van der Waals surface area contributed by atoms with Crippen molar-refractivity contribution >= 4 is 19.6 Å². The number of halogens is 1. The van der Waals surface area contributed by atoms with Gasteiger partial charge < -0.3 is 34.1 Å². The highest BCUT2D eigenvalue weighted by Crippen LogP contribution is 2.47. The predicted molar refractivity (Wildman–Crippen MR) is 163 cm³/mol. The van der Waals surface area contributed by atoms with Gasteiger partial charge in [0.15, 0.2) is 11.9 Å². The lowest BCUT2D eigenvalue weighted by Gasteiger charge is -2.46. The molecule has 0 spiro atoms. The van der Waals surface area contributed by atoms with Gasteiger partial charge in [-0.2, -0.15) is 10.3 Å². The third-order valence-corrected chi connectivity index (χ3v) is 9.14. The maximum atomic E-state index is 16.0. The molecule has 46 heavy (non-hydrogen) atoms. The van der Waals surface area contributed by atoms with E-state index in [2.05, 4.69) is 16.5 Å². The van der Waals surface area contributed by atoms with E-state index in [1.165, 1.54) is 32.1 Å². The number of carbonyl (C=O) groups excluding carboxylic acids is 2. The summed E-state index contributed by atoms with van der Waals surface area (Å²) in [5.41, 5.74) is -0.275. The van der Waals surface area contributed by atoms with E-state index >= 15 is 4.39 Å². The summed E-state index contributed by atoms with van der Waals surface area (Å²) >= 11 is 0. The van der Waals surface area contributed by atoms with Crippen LogP contribution in [0.5, 0.6) is 5.75 Å². The molecule has 0 aliphatic carbocycles. The molecule has 0 bridgehead atoms. The molecule has 2 aliphatic rings. The summed E-state index contributed by atoms with van der Waals surface area (Å²) in [6, 6.07) is 14.4. The first-order valence-electron chi connectivity index (χ1n) is 14.5. The van der Waals surface area contributed by atoms with E-state index in [-0.39, 0.29) is 5.75 Å². The monoisotopic (exact) mass is 660 g/mol. The molecule has 13 nitrogen and oxygen atoms in total. The van der Waals surface area contributed by atoms with Gasteiger partial charge in [0.1, 0.15) is 24.0 Å². The summed E-state index contributed by atoms with van der Waals surface area (Å²) in [7, 11) is -3.10. The summed E-state index contributed by atoms with van der Waals surface area (Å²) in [5, 5.41) is 25.1. The Balaban J connectivity index is 1.54. The van der Waals surface area contributed by atoms with E-state index in [9.17, 15) is 19.3 Å². The number of nitrogens with one attached hydrogen (secondary N) is 2. The van der Waals surface area contributed by atoms with Crippen LogP contribution >= 0.6 is 7.75 Å². The number of aliphatic hydroxyl groups is 1. The third-order valence-electron chi connectivity index (χ3n) is 7.49. The molecule has 2 aromatic carbocycles. The van der Waals surface area contributed by atoms with Gasteiger partial charge in [0.25, 0.3) is 0 Å². The number of ether oxygens (including phenoxy) is 3. The molecule has 1 fully saturated rings. The molecule has 0 aromatic heterocycles. The lowest BCUT2D eigenvalue weighted by atomic mass is 9.97. The van der Waals surface area contributed by atoms with Crippen LogP contribution in [0.25, 0.3) is 11.1 Å². The number of esters is 1. The number of amides is 1. The van der Waals surface area contributed by atoms with Crippen LogP contribution in [-0.4, -0.2) is 77.7 Å². The van der Waals surface area contributed by atoms with Crippen LogP contribution in [0.2, 0.25) is 0 Å². The van der Waals surface area contributed by atoms with Crippen LogP contribution in [0.4, 0.5) is 4.39 Å². The van der Waals surface area contributed by atoms with E-state index in [0.29, 0.717) is 5.56 Å². The molecule has 2 unspecified atom stereocenters. The third kappa shape index (κ3) is 7.75. The van der Waals surface area contributed by atoms with Crippen molar-refractivity contribution in [1.29, 1.82) is 5.26 Å². The highest BCUT2D eigenvalue weighted by molar-refractivity contribution is 7.52. The lowest BCUT2D eigenvalue weighted by Crippen LogP contribution is -2.66. The van der Waals surface area contributed by atoms with Crippen molar-refractivity contribution in [3.63, 3.8) is 0 Å². The number of methoxy groups -OCH3 is 1. The zero-order valence-corrected chi connectivity index (χ0v) is 27.2. The second-order valence-corrected chi connectivity index (χ2v) is 13.2. The highest BCUT2D eigenvalue weighted by Gasteiger charge is 2.59. The molecule has 0 radical (unpaired) electrons. The van der Waals surface area contributed by atoms with E-state index in [1.807, 2.05) is 0 Å². The van der Waals surface area contributed by atoms with Gasteiger partial charge in [0.2, 0.25) is 11.8 Å². The number of hydrogen-bond acceptors (Lipinski definition) is 11. The fourth-order valence-electron chi connectivity index (χ4n) is 4.90. The topological polar surface area (TPSA) is 169 Å². The van der Waals surface area contributed by atoms with Crippen molar-refractivity contribution in [3.05, 3.63) is 66.4 Å². The number of nitriles is 1. The van der Waals surface area contributed by atoms with Crippen molar-refractivity contribution in [2.45, 2.75) is 76.7 Å². The molecule has 2 aromatic rings. The Bertz CT molecular complexity index is 1530. The minimum absolute atomic E-state index is 0.115. The van der Waals surface area contributed by atoms with Crippen LogP contribution < -0.4 is 14.9 Å². The summed E-state index contributed by atoms with van der Waals surface area (Å²) < 4.78 is 58.0. The molecule has 0 saturated carbocycles. The van der Waals surface area contributed by atoms with Gasteiger partial charge in [-0.1, -0.05) is 24.3 Å². The molecule has 1 saturated heterocycles. The van der Waals surface area contributed by atoms with Crippen LogP contribution in [0.1, 0.15) is 40.2 Å². The van der Waals surface area contributed by atoms with Crippen molar-refractivity contribution in [1.82, 2.24) is 15.3 Å². The van der Waals surface area contributed by atoms with Gasteiger partial charge in [0, 0.05) is 26.3 Å². The Morgan fingerprint density at radius 3 is 2.35 bits per heavy atom. The van der Waals surface area contributed by atoms with Gasteiger partial charge in [-0.25, -0.2) is 8.96 Å². The first kappa shape index (κ1) is 35.0. The average molecular weight is 661 g/mol. The maximum absolute atomic E-state index is 16.0. The van der Waals surface area contributed by atoms with E-state index in [1.54, 1.807) is 62.4 Å².